The standard InChI is InChI=1S/C14H28O2.C14H26O.C10H20O.C5H10O.C4H7Br/c1-11(2)13-7-6-12(3)10-14(13)16-9-5-4-8-15;1-5-6-9-15-14-10-12(4)7-8-13(14)11(2)3;1-7(2)9-5-4-8(3)6-10(9)11;1-5-3-2-4-6-5;1-2-3-4-5/h11-15H,4-10H2,1-3H3;5,11-14H,1,6-10H2,2-4H3;7-11H,4-6H2,1-3H3;5H,2-4H2,1H3;2H,1,3-4H2/t2*12-,13+,14-;8-,9+,10-;;/m111../s1. The number of unbranched alkanes of at least 4 members (excludes halogenated alkanes) is 1. The maximum Gasteiger partial charge on any atom is 0.0608 e. The van der Waals surface area contributed by atoms with E-state index in [2.05, 4.69) is 98.3 Å². The van der Waals surface area contributed by atoms with Crippen LogP contribution in [-0.4, -0.2) is 66.4 Å². The number of rotatable bonds is 14. The van der Waals surface area contributed by atoms with Crippen LogP contribution in [0.25, 0.3) is 0 Å². The maximum atomic E-state index is 9.71. The molecule has 1 aliphatic heterocycles. The minimum atomic E-state index is -0.0289. The molecule has 1 saturated heterocycles. The average molecular weight is 816 g/mol. The van der Waals surface area contributed by atoms with Crippen molar-refractivity contribution in [2.24, 2.45) is 53.3 Å². The number of hydrogen-bond acceptors (Lipinski definition) is 5. The van der Waals surface area contributed by atoms with E-state index in [4.69, 9.17) is 19.3 Å². The first-order chi connectivity index (χ1) is 25.2. The number of allylic oxidation sites excluding steroid dienone is 1. The van der Waals surface area contributed by atoms with Gasteiger partial charge in [0.05, 0.1) is 31.0 Å². The highest BCUT2D eigenvalue weighted by Crippen LogP contribution is 2.37. The van der Waals surface area contributed by atoms with Crippen LogP contribution >= 0.6 is 15.9 Å². The third kappa shape index (κ3) is 25.6. The Balaban J connectivity index is 0.000000676. The molecule has 1 heterocycles. The molecule has 4 aliphatic rings. The van der Waals surface area contributed by atoms with Gasteiger partial charge in [-0.05, 0) is 137 Å². The van der Waals surface area contributed by atoms with E-state index in [1.165, 1.54) is 64.2 Å². The molecule has 316 valence electrons. The molecule has 2 N–H and O–H groups in total. The van der Waals surface area contributed by atoms with Crippen molar-refractivity contribution in [3.63, 3.8) is 0 Å². The fourth-order valence-corrected chi connectivity index (χ4v) is 8.66. The van der Waals surface area contributed by atoms with E-state index in [1.807, 2.05) is 12.2 Å². The quantitative estimate of drug-likeness (QED) is 0.104. The Kier molecular flexibility index (Phi) is 32.7. The molecule has 0 aromatic carbocycles. The molecule has 4 rings (SSSR count). The molecule has 10 atom stereocenters. The van der Waals surface area contributed by atoms with Crippen molar-refractivity contribution in [3.05, 3.63) is 25.3 Å². The van der Waals surface area contributed by atoms with Crippen LogP contribution < -0.4 is 0 Å². The zero-order valence-electron chi connectivity index (χ0n) is 36.7. The first-order valence-electron chi connectivity index (χ1n) is 22.1. The number of halogens is 1. The predicted molar refractivity (Wildman–Crippen MR) is 234 cm³/mol. The highest BCUT2D eigenvalue weighted by Gasteiger charge is 2.32. The van der Waals surface area contributed by atoms with Crippen molar-refractivity contribution in [3.8, 4) is 0 Å². The molecule has 0 amide bonds. The Morgan fingerprint density at radius 3 is 1.47 bits per heavy atom. The summed E-state index contributed by atoms with van der Waals surface area (Å²) < 4.78 is 17.2. The molecule has 0 bridgehead atoms. The molecule has 0 spiro atoms. The lowest BCUT2D eigenvalue weighted by Gasteiger charge is -2.37. The zero-order chi connectivity index (χ0) is 40.2. The average Bonchev–Trinajstić information content (AvgIpc) is 3.59. The van der Waals surface area contributed by atoms with Gasteiger partial charge in [-0.1, -0.05) is 110 Å². The monoisotopic (exact) mass is 815 g/mol. The summed E-state index contributed by atoms with van der Waals surface area (Å²) in [6.45, 7) is 32.9. The van der Waals surface area contributed by atoms with E-state index in [-0.39, 0.29) is 12.7 Å². The Morgan fingerprint density at radius 1 is 0.660 bits per heavy atom. The van der Waals surface area contributed by atoms with E-state index in [1.54, 1.807) is 0 Å². The molecule has 5 nitrogen and oxygen atoms in total. The van der Waals surface area contributed by atoms with Crippen LogP contribution in [0.1, 0.15) is 166 Å². The Hall–Kier alpha value is -0.240. The molecule has 1 unspecified atom stereocenters. The third-order valence-electron chi connectivity index (χ3n) is 11.9. The summed E-state index contributed by atoms with van der Waals surface area (Å²) in [5.41, 5.74) is 0. The minimum Gasteiger partial charge on any atom is -0.396 e. The van der Waals surface area contributed by atoms with Crippen molar-refractivity contribution in [1.29, 1.82) is 0 Å². The van der Waals surface area contributed by atoms with E-state index in [0.717, 1.165) is 98.7 Å². The van der Waals surface area contributed by atoms with Gasteiger partial charge in [0, 0.05) is 25.2 Å². The second kappa shape index (κ2) is 32.8. The SMILES string of the molecule is C=CCCBr.C=CCCO[C@@H]1C[C@H](C)CC[C@H]1C(C)C.CC(C)[C@@H]1CC[C@@H](C)C[C@H]1O.CC(C)[C@@H]1CC[C@@H](C)C[C@H]1OCCCCO.CC1CCCO1. The molecule has 53 heavy (non-hydrogen) atoms. The highest BCUT2D eigenvalue weighted by molar-refractivity contribution is 9.09. The number of ether oxygens (including phenoxy) is 3. The number of alkyl halides is 1. The zero-order valence-corrected chi connectivity index (χ0v) is 38.3. The summed E-state index contributed by atoms with van der Waals surface area (Å²) in [5, 5.41) is 19.5. The van der Waals surface area contributed by atoms with Gasteiger partial charge in [0.25, 0.3) is 0 Å². The Morgan fingerprint density at radius 2 is 1.13 bits per heavy atom. The van der Waals surface area contributed by atoms with Crippen molar-refractivity contribution in [2.45, 2.75) is 190 Å². The molecule has 0 aromatic rings. The lowest BCUT2D eigenvalue weighted by molar-refractivity contribution is -0.0400. The second-order valence-electron chi connectivity index (χ2n) is 18.0. The van der Waals surface area contributed by atoms with Crippen LogP contribution in [0.3, 0.4) is 0 Å². The van der Waals surface area contributed by atoms with Gasteiger partial charge in [0.15, 0.2) is 0 Å². The highest BCUT2D eigenvalue weighted by atomic mass is 79.9. The molecule has 0 aromatic heterocycles. The van der Waals surface area contributed by atoms with E-state index >= 15 is 0 Å². The topological polar surface area (TPSA) is 68.2 Å². The van der Waals surface area contributed by atoms with Crippen LogP contribution in [0.2, 0.25) is 0 Å². The first kappa shape index (κ1) is 52.8. The van der Waals surface area contributed by atoms with E-state index in [0.29, 0.717) is 30.1 Å². The summed E-state index contributed by atoms with van der Waals surface area (Å²) in [7, 11) is 0. The van der Waals surface area contributed by atoms with Gasteiger partial charge < -0.3 is 24.4 Å². The van der Waals surface area contributed by atoms with Gasteiger partial charge in [-0.15, -0.1) is 13.2 Å². The fourth-order valence-electron chi connectivity index (χ4n) is 8.33. The van der Waals surface area contributed by atoms with Crippen molar-refractivity contribution < 1.29 is 24.4 Å². The van der Waals surface area contributed by atoms with Gasteiger partial charge in [-0.3, -0.25) is 0 Å². The third-order valence-corrected chi connectivity index (χ3v) is 12.4. The van der Waals surface area contributed by atoms with Gasteiger partial charge in [-0.25, -0.2) is 0 Å². The van der Waals surface area contributed by atoms with Crippen LogP contribution in [-0.2, 0) is 14.2 Å². The van der Waals surface area contributed by atoms with Crippen LogP contribution in [0, 0.1) is 53.3 Å². The van der Waals surface area contributed by atoms with Crippen molar-refractivity contribution in [1.82, 2.24) is 0 Å². The summed E-state index contributed by atoms with van der Waals surface area (Å²) >= 11 is 3.24. The Labute approximate surface area is 339 Å². The van der Waals surface area contributed by atoms with Crippen LogP contribution in [0.15, 0.2) is 25.3 Å². The van der Waals surface area contributed by atoms with Crippen molar-refractivity contribution >= 4 is 15.9 Å². The fraction of sp³-hybridized carbons (Fsp3) is 0.915. The number of aliphatic hydroxyl groups is 2. The Bertz CT molecular complexity index is 843. The van der Waals surface area contributed by atoms with Gasteiger partial charge in [0.1, 0.15) is 0 Å². The molecule has 3 aliphatic carbocycles. The summed E-state index contributed by atoms with van der Waals surface area (Å²) in [6.07, 6.45) is 23.2. The second-order valence-corrected chi connectivity index (χ2v) is 18.8. The molecule has 3 saturated carbocycles. The lowest BCUT2D eigenvalue weighted by atomic mass is 9.75. The summed E-state index contributed by atoms with van der Waals surface area (Å²) in [4.78, 5) is 0. The minimum absolute atomic E-state index is 0.0289. The van der Waals surface area contributed by atoms with Gasteiger partial charge in [0.2, 0.25) is 0 Å². The van der Waals surface area contributed by atoms with E-state index in [9.17, 15) is 5.11 Å². The van der Waals surface area contributed by atoms with Crippen molar-refractivity contribution in [2.75, 3.05) is 31.8 Å². The molecular weight excluding hydrogens is 724 g/mol. The van der Waals surface area contributed by atoms with Gasteiger partial charge in [-0.2, -0.15) is 0 Å². The predicted octanol–water partition coefficient (Wildman–Crippen LogP) is 12.9. The summed E-state index contributed by atoms with van der Waals surface area (Å²) in [6, 6.07) is 0. The molecule has 6 heteroatoms. The number of aliphatic hydroxyl groups excluding tert-OH is 2. The smallest absolute Gasteiger partial charge is 0.0608 e. The first-order valence-corrected chi connectivity index (χ1v) is 23.3. The van der Waals surface area contributed by atoms with E-state index < -0.39 is 0 Å². The summed E-state index contributed by atoms with van der Waals surface area (Å²) in [5.74, 6) is 6.60. The largest absolute Gasteiger partial charge is 0.396 e. The molecule has 4 fully saturated rings. The molecular formula is C47H91BrO5. The molecule has 0 radical (unpaired) electrons. The maximum absolute atomic E-state index is 9.71. The van der Waals surface area contributed by atoms with Gasteiger partial charge >= 0.3 is 0 Å². The number of hydrogen-bond donors (Lipinski definition) is 2. The normalized spacial score (nSPS) is 31.2. The van der Waals surface area contributed by atoms with Crippen LogP contribution in [0.4, 0.5) is 0 Å². The van der Waals surface area contributed by atoms with Crippen LogP contribution in [0.5, 0.6) is 0 Å². The lowest BCUT2D eigenvalue weighted by Crippen LogP contribution is -2.34.